The highest BCUT2D eigenvalue weighted by atomic mass is 19.1. The predicted molar refractivity (Wildman–Crippen MR) is 77.0 cm³/mol. The number of benzene rings is 2. The van der Waals surface area contributed by atoms with Gasteiger partial charge in [-0.15, -0.1) is 0 Å². The van der Waals surface area contributed by atoms with Crippen LogP contribution < -0.4 is 11.1 Å². The van der Waals surface area contributed by atoms with Crippen molar-refractivity contribution in [2.24, 2.45) is 0 Å². The molecule has 0 fully saturated rings. The number of hydrogen-bond donors (Lipinski definition) is 2. The topological polar surface area (TPSA) is 75.4 Å². The zero-order valence-corrected chi connectivity index (χ0v) is 11.2. The molecule has 3 N–H and O–H groups in total. The van der Waals surface area contributed by atoms with Gasteiger partial charge >= 0.3 is 0 Å². The van der Waals surface area contributed by atoms with E-state index in [0.717, 1.165) is 4.90 Å². The Morgan fingerprint density at radius 3 is 2.48 bits per heavy atom. The fourth-order valence-corrected chi connectivity index (χ4v) is 2.23. The van der Waals surface area contributed by atoms with Gasteiger partial charge in [-0.3, -0.25) is 14.5 Å². The Labute approximate surface area is 120 Å². The molecule has 2 aromatic carbocycles. The van der Waals surface area contributed by atoms with E-state index in [2.05, 4.69) is 5.32 Å². The Bertz CT molecular complexity index is 774. The van der Waals surface area contributed by atoms with Gasteiger partial charge in [-0.25, -0.2) is 4.39 Å². The number of carbonyl (C=O) groups is 2. The van der Waals surface area contributed by atoms with Gasteiger partial charge < -0.3 is 11.1 Å². The van der Waals surface area contributed by atoms with Gasteiger partial charge in [-0.1, -0.05) is 0 Å². The summed E-state index contributed by atoms with van der Waals surface area (Å²) < 4.78 is 13.7. The Hall–Kier alpha value is -2.89. The molecule has 0 radical (unpaired) electrons. The van der Waals surface area contributed by atoms with Crippen LogP contribution in [-0.4, -0.2) is 23.8 Å². The highest BCUT2D eigenvalue weighted by Crippen LogP contribution is 2.27. The van der Waals surface area contributed by atoms with E-state index in [1.54, 1.807) is 18.2 Å². The molecule has 0 unspecified atom stereocenters. The largest absolute Gasteiger partial charge is 0.399 e. The standard InChI is InChI=1S/C15H12FN3O2/c1-19-14(20)10-4-3-9(7-11(10)15(19)21)18-13-5-2-8(17)6-12(13)16/h2-7,18H,17H2,1H3. The maximum absolute atomic E-state index is 13.7. The molecule has 1 heterocycles. The fraction of sp³-hybridized carbons (Fsp3) is 0.0667. The van der Waals surface area contributed by atoms with Crippen LogP contribution >= 0.6 is 0 Å². The molecule has 0 saturated heterocycles. The minimum Gasteiger partial charge on any atom is -0.399 e. The quantitative estimate of drug-likeness (QED) is 0.656. The summed E-state index contributed by atoms with van der Waals surface area (Å²) >= 11 is 0. The van der Waals surface area contributed by atoms with E-state index in [1.807, 2.05) is 0 Å². The van der Waals surface area contributed by atoms with E-state index < -0.39 is 5.82 Å². The van der Waals surface area contributed by atoms with Gasteiger partial charge in [-0.2, -0.15) is 0 Å². The summed E-state index contributed by atoms with van der Waals surface area (Å²) in [6.45, 7) is 0. The molecular weight excluding hydrogens is 273 g/mol. The molecule has 2 amide bonds. The molecule has 6 heteroatoms. The summed E-state index contributed by atoms with van der Waals surface area (Å²) in [4.78, 5) is 24.7. The maximum Gasteiger partial charge on any atom is 0.261 e. The van der Waals surface area contributed by atoms with E-state index in [0.29, 0.717) is 22.5 Å². The van der Waals surface area contributed by atoms with Gasteiger partial charge in [-0.05, 0) is 36.4 Å². The molecule has 0 saturated carbocycles. The number of rotatable bonds is 2. The first-order valence-corrected chi connectivity index (χ1v) is 6.26. The van der Waals surface area contributed by atoms with Crippen molar-refractivity contribution in [2.45, 2.75) is 0 Å². The van der Waals surface area contributed by atoms with Crippen molar-refractivity contribution in [3.8, 4) is 0 Å². The first-order chi connectivity index (χ1) is 9.97. The van der Waals surface area contributed by atoms with E-state index in [-0.39, 0.29) is 17.5 Å². The van der Waals surface area contributed by atoms with Crippen LogP contribution in [0.15, 0.2) is 36.4 Å². The zero-order chi connectivity index (χ0) is 15.1. The van der Waals surface area contributed by atoms with Crippen molar-refractivity contribution in [3.63, 3.8) is 0 Å². The molecule has 1 aliphatic rings. The molecule has 0 bridgehead atoms. The molecule has 1 aliphatic heterocycles. The van der Waals surface area contributed by atoms with Crippen LogP contribution in [0.25, 0.3) is 0 Å². The van der Waals surface area contributed by atoms with Gasteiger partial charge in [0.05, 0.1) is 16.8 Å². The van der Waals surface area contributed by atoms with Crippen LogP contribution in [0.5, 0.6) is 0 Å². The van der Waals surface area contributed by atoms with Crippen LogP contribution in [0.1, 0.15) is 20.7 Å². The molecular formula is C15H12FN3O2. The number of nitrogen functional groups attached to an aromatic ring is 1. The van der Waals surface area contributed by atoms with Gasteiger partial charge in [0.15, 0.2) is 0 Å². The minimum atomic E-state index is -0.491. The van der Waals surface area contributed by atoms with Crippen LogP contribution in [0, 0.1) is 5.82 Å². The summed E-state index contributed by atoms with van der Waals surface area (Å²) in [5.74, 6) is -1.19. The lowest BCUT2D eigenvalue weighted by molar-refractivity contribution is 0.0693. The second-order valence-electron chi connectivity index (χ2n) is 4.79. The second-order valence-corrected chi connectivity index (χ2v) is 4.79. The van der Waals surface area contributed by atoms with Gasteiger partial charge in [0, 0.05) is 18.4 Å². The summed E-state index contributed by atoms with van der Waals surface area (Å²) in [6, 6.07) is 9.00. The van der Waals surface area contributed by atoms with Crippen molar-refractivity contribution in [2.75, 3.05) is 18.1 Å². The average molecular weight is 285 g/mol. The van der Waals surface area contributed by atoms with Crippen molar-refractivity contribution in [1.82, 2.24) is 4.90 Å². The highest BCUT2D eigenvalue weighted by Gasteiger charge is 2.32. The summed E-state index contributed by atoms with van der Waals surface area (Å²) in [6.07, 6.45) is 0. The number of amides is 2. The SMILES string of the molecule is CN1C(=O)c2ccc(Nc3ccc(N)cc3F)cc2C1=O. The highest BCUT2D eigenvalue weighted by molar-refractivity contribution is 6.21. The monoisotopic (exact) mass is 285 g/mol. The molecule has 3 rings (SSSR count). The van der Waals surface area contributed by atoms with Gasteiger partial charge in [0.2, 0.25) is 0 Å². The van der Waals surface area contributed by atoms with E-state index in [4.69, 9.17) is 5.73 Å². The predicted octanol–water partition coefficient (Wildman–Crippen LogP) is 2.38. The van der Waals surface area contributed by atoms with Crippen LogP contribution in [0.3, 0.4) is 0 Å². The third-order valence-corrected chi connectivity index (χ3v) is 3.36. The van der Waals surface area contributed by atoms with Crippen LogP contribution in [-0.2, 0) is 0 Å². The number of nitrogens with zero attached hydrogens (tertiary/aromatic N) is 1. The lowest BCUT2D eigenvalue weighted by Crippen LogP contribution is -2.24. The number of halogens is 1. The molecule has 0 atom stereocenters. The number of carbonyl (C=O) groups excluding carboxylic acids is 2. The average Bonchev–Trinajstić information content (AvgIpc) is 2.67. The molecule has 0 spiro atoms. The number of fused-ring (bicyclic) bond motifs is 1. The molecule has 5 nitrogen and oxygen atoms in total. The molecule has 2 aromatic rings. The first-order valence-electron chi connectivity index (χ1n) is 6.26. The lowest BCUT2D eigenvalue weighted by atomic mass is 10.1. The number of imide groups is 1. The third kappa shape index (κ3) is 2.10. The normalized spacial score (nSPS) is 13.5. The Balaban J connectivity index is 1.95. The Kier molecular flexibility index (Phi) is 2.86. The summed E-state index contributed by atoms with van der Waals surface area (Å²) in [5.41, 5.74) is 7.24. The molecule has 0 aliphatic carbocycles. The number of anilines is 3. The van der Waals surface area contributed by atoms with E-state index in [1.165, 1.54) is 25.2 Å². The Morgan fingerprint density at radius 1 is 1.05 bits per heavy atom. The Morgan fingerprint density at radius 2 is 1.76 bits per heavy atom. The molecule has 0 aromatic heterocycles. The van der Waals surface area contributed by atoms with Crippen molar-refractivity contribution in [3.05, 3.63) is 53.3 Å². The van der Waals surface area contributed by atoms with Crippen LogP contribution in [0.2, 0.25) is 0 Å². The summed E-state index contributed by atoms with van der Waals surface area (Å²) in [5, 5.41) is 2.87. The first kappa shape index (κ1) is 13.1. The number of nitrogens with one attached hydrogen (secondary N) is 1. The minimum absolute atomic E-state index is 0.245. The zero-order valence-electron chi connectivity index (χ0n) is 11.2. The third-order valence-electron chi connectivity index (χ3n) is 3.36. The van der Waals surface area contributed by atoms with E-state index in [9.17, 15) is 14.0 Å². The van der Waals surface area contributed by atoms with Crippen molar-refractivity contribution < 1.29 is 14.0 Å². The number of nitrogens with two attached hydrogens (primary N) is 1. The molecule has 21 heavy (non-hydrogen) atoms. The summed E-state index contributed by atoms with van der Waals surface area (Å²) in [7, 11) is 1.43. The smallest absolute Gasteiger partial charge is 0.261 e. The second kappa shape index (κ2) is 4.59. The van der Waals surface area contributed by atoms with Crippen molar-refractivity contribution in [1.29, 1.82) is 0 Å². The van der Waals surface area contributed by atoms with Crippen molar-refractivity contribution >= 4 is 28.9 Å². The van der Waals surface area contributed by atoms with Gasteiger partial charge in [0.1, 0.15) is 5.82 Å². The lowest BCUT2D eigenvalue weighted by Gasteiger charge is -2.09. The van der Waals surface area contributed by atoms with E-state index >= 15 is 0 Å². The maximum atomic E-state index is 13.7. The molecule has 106 valence electrons. The van der Waals surface area contributed by atoms with Gasteiger partial charge in [0.25, 0.3) is 11.8 Å². The fourth-order valence-electron chi connectivity index (χ4n) is 2.23. The van der Waals surface area contributed by atoms with Crippen LogP contribution in [0.4, 0.5) is 21.5 Å². The number of hydrogen-bond acceptors (Lipinski definition) is 4.